The summed E-state index contributed by atoms with van der Waals surface area (Å²) in [5.41, 5.74) is 5.87. The summed E-state index contributed by atoms with van der Waals surface area (Å²) >= 11 is 1.28. The molecule has 1 heterocycles. The van der Waals surface area contributed by atoms with Crippen LogP contribution >= 0.6 is 11.3 Å². The van der Waals surface area contributed by atoms with Crippen molar-refractivity contribution in [2.45, 2.75) is 39.7 Å². The highest BCUT2D eigenvalue weighted by Crippen LogP contribution is 2.19. The summed E-state index contributed by atoms with van der Waals surface area (Å²) < 4.78 is 0. The Morgan fingerprint density at radius 2 is 2.15 bits per heavy atom. The predicted molar refractivity (Wildman–Crippen MR) is 77.8 cm³/mol. The number of rotatable bonds is 6. The molecule has 1 rings (SSSR count). The lowest BCUT2D eigenvalue weighted by Crippen LogP contribution is -2.40. The highest BCUT2D eigenvalue weighted by atomic mass is 32.1. The summed E-state index contributed by atoms with van der Waals surface area (Å²) in [7, 11) is 0. The van der Waals surface area contributed by atoms with Gasteiger partial charge in [0.15, 0.2) is 5.69 Å². The Morgan fingerprint density at radius 3 is 2.65 bits per heavy atom. The van der Waals surface area contributed by atoms with Gasteiger partial charge in [-0.2, -0.15) is 0 Å². The fourth-order valence-corrected chi connectivity index (χ4v) is 2.18. The van der Waals surface area contributed by atoms with Crippen LogP contribution in [0, 0.1) is 5.41 Å². The monoisotopic (exact) mass is 299 g/mol. The Kier molecular flexibility index (Phi) is 5.64. The average Bonchev–Trinajstić information content (AvgIpc) is 2.76. The molecule has 0 fully saturated rings. The van der Waals surface area contributed by atoms with Crippen LogP contribution in [0.15, 0.2) is 5.38 Å². The van der Waals surface area contributed by atoms with Crippen LogP contribution in [0.1, 0.15) is 42.7 Å². The molecule has 1 amide bonds. The van der Waals surface area contributed by atoms with Gasteiger partial charge in [-0.05, 0) is 5.41 Å². The zero-order valence-corrected chi connectivity index (χ0v) is 12.8. The number of nitrogens with zero attached hydrogens (tertiary/aromatic N) is 1. The van der Waals surface area contributed by atoms with Crippen molar-refractivity contribution in [1.82, 2.24) is 10.3 Å². The molecule has 112 valence electrons. The maximum Gasteiger partial charge on any atom is 0.355 e. The number of aromatic carboxylic acids is 1. The number of hydrogen-bond acceptors (Lipinski definition) is 5. The van der Waals surface area contributed by atoms with Gasteiger partial charge in [-0.25, -0.2) is 9.78 Å². The normalized spacial score (nSPS) is 13.0. The van der Waals surface area contributed by atoms with E-state index in [0.717, 1.165) is 0 Å². The second kappa shape index (κ2) is 6.81. The van der Waals surface area contributed by atoms with Gasteiger partial charge in [-0.1, -0.05) is 20.8 Å². The van der Waals surface area contributed by atoms with Crippen LogP contribution in [-0.2, 0) is 11.2 Å². The first-order valence-corrected chi connectivity index (χ1v) is 7.28. The quantitative estimate of drug-likeness (QED) is 0.733. The highest BCUT2D eigenvalue weighted by molar-refractivity contribution is 7.09. The van der Waals surface area contributed by atoms with E-state index in [0.29, 0.717) is 18.0 Å². The van der Waals surface area contributed by atoms with Gasteiger partial charge in [0.1, 0.15) is 0 Å². The first kappa shape index (κ1) is 16.6. The first-order chi connectivity index (χ1) is 9.20. The summed E-state index contributed by atoms with van der Waals surface area (Å²) in [6.45, 7) is 6.41. The second-order valence-corrected chi connectivity index (χ2v) is 6.65. The molecule has 20 heavy (non-hydrogen) atoms. The lowest BCUT2D eigenvalue weighted by Gasteiger charge is -2.26. The Balaban J connectivity index is 2.33. The van der Waals surface area contributed by atoms with Gasteiger partial charge >= 0.3 is 5.97 Å². The van der Waals surface area contributed by atoms with Gasteiger partial charge < -0.3 is 16.2 Å². The molecular weight excluding hydrogens is 278 g/mol. The van der Waals surface area contributed by atoms with Crippen molar-refractivity contribution in [3.63, 3.8) is 0 Å². The van der Waals surface area contributed by atoms with E-state index >= 15 is 0 Å². The van der Waals surface area contributed by atoms with Crippen LogP contribution in [0.4, 0.5) is 0 Å². The molecule has 7 heteroatoms. The zero-order chi connectivity index (χ0) is 15.3. The van der Waals surface area contributed by atoms with Gasteiger partial charge in [-0.3, -0.25) is 4.79 Å². The minimum atomic E-state index is -1.03. The van der Waals surface area contributed by atoms with Crippen molar-refractivity contribution < 1.29 is 14.7 Å². The van der Waals surface area contributed by atoms with Crippen LogP contribution in [0.2, 0.25) is 0 Å². The number of nitrogens with one attached hydrogen (secondary N) is 1. The Morgan fingerprint density at radius 1 is 1.50 bits per heavy atom. The molecule has 0 aromatic carbocycles. The molecule has 1 aromatic heterocycles. The lowest BCUT2D eigenvalue weighted by molar-refractivity contribution is -0.121. The van der Waals surface area contributed by atoms with E-state index in [1.54, 1.807) is 0 Å². The van der Waals surface area contributed by atoms with Crippen LogP contribution in [0.3, 0.4) is 0 Å². The largest absolute Gasteiger partial charge is 0.476 e. The fourth-order valence-electron chi connectivity index (χ4n) is 1.41. The topological polar surface area (TPSA) is 105 Å². The summed E-state index contributed by atoms with van der Waals surface area (Å²) in [5.74, 6) is -1.13. The standard InChI is InChI=1S/C13H21N3O3S/c1-13(2,3)9(14)6-10(17)15-5-4-11-16-8(7-20-11)12(18)19/h7,9H,4-6,14H2,1-3H3,(H,15,17)(H,18,19). The molecule has 0 aliphatic carbocycles. The maximum absolute atomic E-state index is 11.7. The van der Waals surface area contributed by atoms with E-state index in [1.165, 1.54) is 16.7 Å². The highest BCUT2D eigenvalue weighted by Gasteiger charge is 2.22. The number of carbonyl (C=O) groups is 2. The summed E-state index contributed by atoms with van der Waals surface area (Å²) in [6.07, 6.45) is 0.802. The van der Waals surface area contributed by atoms with Gasteiger partial charge in [0.05, 0.1) is 5.01 Å². The molecule has 1 atom stereocenters. The van der Waals surface area contributed by atoms with Crippen LogP contribution in [-0.4, -0.2) is 34.6 Å². The number of hydrogen-bond donors (Lipinski definition) is 3. The first-order valence-electron chi connectivity index (χ1n) is 6.40. The molecule has 0 aliphatic heterocycles. The maximum atomic E-state index is 11.7. The third kappa shape index (κ3) is 5.26. The second-order valence-electron chi connectivity index (χ2n) is 5.71. The molecule has 0 saturated heterocycles. The number of aromatic nitrogens is 1. The van der Waals surface area contributed by atoms with Gasteiger partial charge in [-0.15, -0.1) is 11.3 Å². The summed E-state index contributed by atoms with van der Waals surface area (Å²) in [4.78, 5) is 26.3. The van der Waals surface area contributed by atoms with E-state index < -0.39 is 5.97 Å². The van der Waals surface area contributed by atoms with Gasteiger partial charge in [0.25, 0.3) is 0 Å². The third-order valence-electron chi connectivity index (χ3n) is 2.95. The predicted octanol–water partition coefficient (Wildman–Crippen LogP) is 1.26. The number of thiazole rings is 1. The smallest absolute Gasteiger partial charge is 0.355 e. The van der Waals surface area contributed by atoms with Crippen molar-refractivity contribution in [1.29, 1.82) is 0 Å². The van der Waals surface area contributed by atoms with Crippen LogP contribution in [0.25, 0.3) is 0 Å². The van der Waals surface area contributed by atoms with E-state index in [-0.39, 0.29) is 29.5 Å². The molecule has 1 aromatic rings. The fraction of sp³-hybridized carbons (Fsp3) is 0.615. The summed E-state index contributed by atoms with van der Waals surface area (Å²) in [6, 6.07) is -0.194. The zero-order valence-electron chi connectivity index (χ0n) is 12.0. The van der Waals surface area contributed by atoms with Gasteiger partial charge in [0, 0.05) is 30.8 Å². The van der Waals surface area contributed by atoms with E-state index in [1.807, 2.05) is 20.8 Å². The van der Waals surface area contributed by atoms with E-state index in [4.69, 9.17) is 10.8 Å². The van der Waals surface area contributed by atoms with Crippen LogP contribution in [0.5, 0.6) is 0 Å². The molecular formula is C13H21N3O3S. The molecule has 0 radical (unpaired) electrons. The van der Waals surface area contributed by atoms with Crippen molar-refractivity contribution in [2.24, 2.45) is 11.1 Å². The number of carboxylic acids is 1. The van der Waals surface area contributed by atoms with Crippen molar-refractivity contribution in [2.75, 3.05) is 6.54 Å². The SMILES string of the molecule is CC(C)(C)C(N)CC(=O)NCCc1nc(C(=O)O)cs1. The number of nitrogens with two attached hydrogens (primary N) is 1. The van der Waals surface area contributed by atoms with E-state index in [2.05, 4.69) is 10.3 Å². The molecule has 1 unspecified atom stereocenters. The third-order valence-corrected chi connectivity index (χ3v) is 3.86. The molecule has 0 bridgehead atoms. The number of carbonyl (C=O) groups excluding carboxylic acids is 1. The molecule has 0 saturated carbocycles. The molecule has 0 spiro atoms. The lowest BCUT2D eigenvalue weighted by atomic mass is 9.85. The average molecular weight is 299 g/mol. The summed E-state index contributed by atoms with van der Waals surface area (Å²) in [5, 5.41) is 13.7. The Bertz CT molecular complexity index is 479. The Labute approximate surface area is 122 Å². The number of carboxylic acid groups (broad SMARTS) is 1. The molecule has 6 nitrogen and oxygen atoms in total. The van der Waals surface area contributed by atoms with E-state index in [9.17, 15) is 9.59 Å². The Hall–Kier alpha value is -1.47. The molecule has 4 N–H and O–H groups in total. The molecule has 0 aliphatic rings. The van der Waals surface area contributed by atoms with Crippen molar-refractivity contribution >= 4 is 23.2 Å². The van der Waals surface area contributed by atoms with Crippen molar-refractivity contribution in [3.8, 4) is 0 Å². The van der Waals surface area contributed by atoms with Crippen molar-refractivity contribution in [3.05, 3.63) is 16.1 Å². The minimum absolute atomic E-state index is 0.0473. The number of amides is 1. The van der Waals surface area contributed by atoms with Gasteiger partial charge in [0.2, 0.25) is 5.91 Å². The minimum Gasteiger partial charge on any atom is -0.476 e. The van der Waals surface area contributed by atoms with Crippen LogP contribution < -0.4 is 11.1 Å².